The molecule has 0 unspecified atom stereocenters. The van der Waals surface area contributed by atoms with Crippen molar-refractivity contribution < 1.29 is 27.6 Å². The first-order valence-corrected chi connectivity index (χ1v) is 7.18. The highest BCUT2D eigenvalue weighted by molar-refractivity contribution is 5.97. The third-order valence-electron chi connectivity index (χ3n) is 3.15. The van der Waals surface area contributed by atoms with Gasteiger partial charge in [0.2, 0.25) is 5.91 Å². The molecule has 0 bridgehead atoms. The summed E-state index contributed by atoms with van der Waals surface area (Å²) in [5, 5.41) is 2.09. The number of nitrogens with one attached hydrogen (secondary N) is 3. The fourth-order valence-electron chi connectivity index (χ4n) is 1.96. The van der Waals surface area contributed by atoms with Crippen LogP contribution in [-0.2, 0) is 15.5 Å². The third-order valence-corrected chi connectivity index (χ3v) is 3.15. The van der Waals surface area contributed by atoms with E-state index in [1.807, 2.05) is 5.43 Å². The van der Waals surface area contributed by atoms with Gasteiger partial charge in [0.1, 0.15) is 5.82 Å². The number of halogens is 3. The Morgan fingerprint density at radius 1 is 1.04 bits per heavy atom. The fraction of sp³-hybridized carbons (Fsp3) is 0.125. The van der Waals surface area contributed by atoms with Gasteiger partial charge in [0.15, 0.2) is 0 Å². The van der Waals surface area contributed by atoms with Gasteiger partial charge in [0.05, 0.1) is 11.3 Å². The van der Waals surface area contributed by atoms with Gasteiger partial charge < -0.3 is 5.32 Å². The number of nitrogens with zero attached hydrogens (tertiary/aromatic N) is 1. The Hall–Kier alpha value is -3.43. The summed E-state index contributed by atoms with van der Waals surface area (Å²) in [6.07, 6.45) is 2.61. The molecule has 1 heterocycles. The quantitative estimate of drug-likeness (QED) is 0.718. The molecular formula is C16H13F3N4O3. The Morgan fingerprint density at radius 3 is 2.31 bits per heavy atom. The summed E-state index contributed by atoms with van der Waals surface area (Å²) in [5.41, 5.74) is 1.99. The maximum Gasteiger partial charge on any atom is 0.353 e. The molecule has 3 N–H and O–H groups in total. The van der Waals surface area contributed by atoms with Crippen molar-refractivity contribution in [1.82, 2.24) is 15.8 Å². The van der Waals surface area contributed by atoms with E-state index in [1.54, 1.807) is 5.43 Å². The molecule has 2 aromatic rings. The summed E-state index contributed by atoms with van der Waals surface area (Å²) < 4.78 is 42.2. The van der Waals surface area contributed by atoms with Gasteiger partial charge in [-0.25, -0.2) is 4.39 Å². The number of hydrazine groups is 1. The molecule has 0 aliphatic rings. The SMILES string of the molecule is CC(=O)Nc1ccc(F)cc1C(F)(F)C(=O)NNC(=O)c1ccncc1. The van der Waals surface area contributed by atoms with Crippen LogP contribution >= 0.6 is 0 Å². The van der Waals surface area contributed by atoms with Crippen molar-refractivity contribution >= 4 is 23.4 Å². The molecule has 0 aliphatic carbocycles. The number of hydrogen-bond donors (Lipinski definition) is 3. The van der Waals surface area contributed by atoms with Crippen LogP contribution in [0.3, 0.4) is 0 Å². The van der Waals surface area contributed by atoms with Crippen LogP contribution in [0, 0.1) is 5.82 Å². The zero-order valence-corrected chi connectivity index (χ0v) is 13.3. The van der Waals surface area contributed by atoms with Gasteiger partial charge in [-0.2, -0.15) is 8.78 Å². The Balaban J connectivity index is 2.18. The van der Waals surface area contributed by atoms with Crippen molar-refractivity contribution in [1.29, 1.82) is 0 Å². The third kappa shape index (κ3) is 4.35. The van der Waals surface area contributed by atoms with Crippen LogP contribution in [0.5, 0.6) is 0 Å². The van der Waals surface area contributed by atoms with Gasteiger partial charge in [-0.1, -0.05) is 0 Å². The second kappa shape index (κ2) is 7.64. The molecule has 0 radical (unpaired) electrons. The van der Waals surface area contributed by atoms with E-state index in [4.69, 9.17) is 0 Å². The van der Waals surface area contributed by atoms with Crippen molar-refractivity contribution in [2.75, 3.05) is 5.32 Å². The number of alkyl halides is 2. The molecule has 0 aliphatic heterocycles. The second-order valence-corrected chi connectivity index (χ2v) is 5.09. The molecule has 7 nitrogen and oxygen atoms in total. The lowest BCUT2D eigenvalue weighted by Crippen LogP contribution is -2.48. The van der Waals surface area contributed by atoms with Crippen LogP contribution in [0.25, 0.3) is 0 Å². The Bertz CT molecular complexity index is 844. The maximum absolute atomic E-state index is 14.4. The number of pyridine rings is 1. The summed E-state index contributed by atoms with van der Waals surface area (Å²) in [4.78, 5) is 38.4. The smallest absolute Gasteiger partial charge is 0.326 e. The van der Waals surface area contributed by atoms with Gasteiger partial charge in [0.25, 0.3) is 5.91 Å². The van der Waals surface area contributed by atoms with E-state index < -0.39 is 40.7 Å². The highest BCUT2D eigenvalue weighted by Crippen LogP contribution is 2.34. The minimum Gasteiger partial charge on any atom is -0.326 e. The number of benzene rings is 1. The fourth-order valence-corrected chi connectivity index (χ4v) is 1.96. The first-order valence-electron chi connectivity index (χ1n) is 7.18. The Kier molecular flexibility index (Phi) is 5.55. The number of aromatic nitrogens is 1. The van der Waals surface area contributed by atoms with Gasteiger partial charge >= 0.3 is 11.8 Å². The van der Waals surface area contributed by atoms with Crippen LogP contribution < -0.4 is 16.2 Å². The Labute approximate surface area is 145 Å². The van der Waals surface area contributed by atoms with Crippen molar-refractivity contribution in [2.45, 2.75) is 12.8 Å². The standard InChI is InChI=1S/C16H13F3N4O3/c1-9(24)21-13-3-2-11(17)8-12(13)16(18,19)15(26)23-22-14(25)10-4-6-20-7-5-10/h2-8H,1H3,(H,21,24)(H,22,25)(H,23,26). The van der Waals surface area contributed by atoms with Gasteiger partial charge in [0, 0.05) is 24.9 Å². The molecule has 0 atom stereocenters. The number of hydrogen-bond acceptors (Lipinski definition) is 4. The number of carbonyl (C=O) groups excluding carboxylic acids is 3. The van der Waals surface area contributed by atoms with E-state index in [0.29, 0.717) is 6.07 Å². The van der Waals surface area contributed by atoms with Gasteiger partial charge in [-0.05, 0) is 30.3 Å². The van der Waals surface area contributed by atoms with E-state index in [9.17, 15) is 27.6 Å². The highest BCUT2D eigenvalue weighted by Gasteiger charge is 2.43. The van der Waals surface area contributed by atoms with Crippen LogP contribution in [0.2, 0.25) is 0 Å². The van der Waals surface area contributed by atoms with Crippen molar-refractivity contribution in [3.8, 4) is 0 Å². The van der Waals surface area contributed by atoms with Crippen LogP contribution in [-0.4, -0.2) is 22.7 Å². The second-order valence-electron chi connectivity index (χ2n) is 5.09. The summed E-state index contributed by atoms with van der Waals surface area (Å²) in [5.74, 6) is -8.69. The zero-order chi connectivity index (χ0) is 19.3. The number of anilines is 1. The summed E-state index contributed by atoms with van der Waals surface area (Å²) in [6.45, 7) is 1.07. The van der Waals surface area contributed by atoms with E-state index >= 15 is 0 Å². The molecule has 2 rings (SSSR count). The predicted molar refractivity (Wildman–Crippen MR) is 84.4 cm³/mol. The van der Waals surface area contributed by atoms with Crippen LogP contribution in [0.1, 0.15) is 22.8 Å². The Morgan fingerprint density at radius 2 is 1.69 bits per heavy atom. The predicted octanol–water partition coefficient (Wildman–Crippen LogP) is 1.73. The average molecular weight is 366 g/mol. The number of carbonyl (C=O) groups is 3. The van der Waals surface area contributed by atoms with Crippen molar-refractivity contribution in [3.63, 3.8) is 0 Å². The summed E-state index contributed by atoms with van der Waals surface area (Å²) in [6, 6.07) is 4.80. The van der Waals surface area contributed by atoms with E-state index in [1.165, 1.54) is 24.5 Å². The molecule has 1 aromatic carbocycles. The molecule has 0 spiro atoms. The molecule has 10 heteroatoms. The minimum atomic E-state index is -4.23. The topological polar surface area (TPSA) is 100 Å². The number of amides is 3. The normalized spacial score (nSPS) is 10.8. The van der Waals surface area contributed by atoms with E-state index in [2.05, 4.69) is 10.3 Å². The van der Waals surface area contributed by atoms with Gasteiger partial charge in [-0.15, -0.1) is 0 Å². The molecule has 0 fully saturated rings. The van der Waals surface area contributed by atoms with Crippen molar-refractivity contribution in [3.05, 3.63) is 59.7 Å². The van der Waals surface area contributed by atoms with Crippen LogP contribution in [0.4, 0.5) is 18.9 Å². The minimum absolute atomic E-state index is 0.0771. The number of rotatable bonds is 4. The average Bonchev–Trinajstić information content (AvgIpc) is 2.61. The van der Waals surface area contributed by atoms with Crippen LogP contribution in [0.15, 0.2) is 42.7 Å². The first kappa shape index (κ1) is 18.9. The zero-order valence-electron chi connectivity index (χ0n) is 13.3. The lowest BCUT2D eigenvalue weighted by atomic mass is 10.0. The molecule has 0 saturated heterocycles. The highest BCUT2D eigenvalue weighted by atomic mass is 19.3. The van der Waals surface area contributed by atoms with E-state index in [-0.39, 0.29) is 5.56 Å². The molecular weight excluding hydrogens is 353 g/mol. The largest absolute Gasteiger partial charge is 0.353 e. The summed E-state index contributed by atoms with van der Waals surface area (Å²) in [7, 11) is 0. The lowest BCUT2D eigenvalue weighted by Gasteiger charge is -2.20. The monoisotopic (exact) mass is 366 g/mol. The van der Waals surface area contributed by atoms with E-state index in [0.717, 1.165) is 19.1 Å². The molecule has 0 saturated carbocycles. The molecule has 26 heavy (non-hydrogen) atoms. The van der Waals surface area contributed by atoms with Crippen molar-refractivity contribution in [2.24, 2.45) is 0 Å². The van der Waals surface area contributed by atoms with Gasteiger partial charge in [-0.3, -0.25) is 30.2 Å². The molecule has 3 amide bonds. The summed E-state index contributed by atoms with van der Waals surface area (Å²) >= 11 is 0. The molecule has 1 aromatic heterocycles. The lowest BCUT2D eigenvalue weighted by molar-refractivity contribution is -0.147. The first-order chi connectivity index (χ1) is 12.2. The maximum atomic E-state index is 14.4. The molecule has 136 valence electrons.